The zero-order chi connectivity index (χ0) is 16.2. The average Bonchev–Trinajstić information content (AvgIpc) is 2.99. The molecule has 0 radical (unpaired) electrons. The second kappa shape index (κ2) is 7.68. The summed E-state index contributed by atoms with van der Waals surface area (Å²) in [7, 11) is 0. The van der Waals surface area contributed by atoms with Crippen LogP contribution in [0.3, 0.4) is 0 Å². The van der Waals surface area contributed by atoms with Gasteiger partial charge in [-0.25, -0.2) is 0 Å². The molecular formula is C20H27NO3. The molecule has 2 fully saturated rings. The quantitative estimate of drug-likeness (QED) is 0.862. The van der Waals surface area contributed by atoms with Gasteiger partial charge in [-0.15, -0.1) is 0 Å². The first-order chi connectivity index (χ1) is 11.9. The number of rotatable bonds is 4. The molecule has 3 heterocycles. The van der Waals surface area contributed by atoms with Crippen molar-refractivity contribution in [2.24, 2.45) is 11.8 Å². The van der Waals surface area contributed by atoms with Gasteiger partial charge in [0.15, 0.2) is 0 Å². The van der Waals surface area contributed by atoms with E-state index in [9.17, 15) is 0 Å². The van der Waals surface area contributed by atoms with E-state index in [1.165, 1.54) is 30.3 Å². The van der Waals surface area contributed by atoms with Crippen molar-refractivity contribution in [3.63, 3.8) is 0 Å². The summed E-state index contributed by atoms with van der Waals surface area (Å²) in [6.45, 7) is 6.96. The first-order valence-corrected chi connectivity index (χ1v) is 9.21. The van der Waals surface area contributed by atoms with Crippen LogP contribution in [0.25, 0.3) is 11.0 Å². The first-order valence-electron chi connectivity index (χ1n) is 9.21. The molecule has 0 spiro atoms. The molecule has 1 aromatic heterocycles. The predicted molar refractivity (Wildman–Crippen MR) is 94.2 cm³/mol. The monoisotopic (exact) mass is 329 g/mol. The highest BCUT2D eigenvalue weighted by molar-refractivity contribution is 5.80. The highest BCUT2D eigenvalue weighted by Gasteiger charge is 2.23. The summed E-state index contributed by atoms with van der Waals surface area (Å²) in [5.41, 5.74) is 2.36. The molecule has 0 bridgehead atoms. The van der Waals surface area contributed by atoms with E-state index < -0.39 is 0 Å². The van der Waals surface area contributed by atoms with E-state index in [2.05, 4.69) is 23.1 Å². The molecule has 0 saturated carbocycles. The Morgan fingerprint density at radius 2 is 1.92 bits per heavy atom. The first kappa shape index (κ1) is 16.1. The summed E-state index contributed by atoms with van der Waals surface area (Å²) >= 11 is 0. The molecule has 4 rings (SSSR count). The van der Waals surface area contributed by atoms with Crippen molar-refractivity contribution >= 4 is 11.0 Å². The fourth-order valence-corrected chi connectivity index (χ4v) is 4.08. The maximum absolute atomic E-state index is 5.90. The maximum Gasteiger partial charge on any atom is 0.134 e. The van der Waals surface area contributed by atoms with Crippen LogP contribution in [0.1, 0.15) is 18.4 Å². The van der Waals surface area contributed by atoms with Gasteiger partial charge in [-0.2, -0.15) is 0 Å². The zero-order valence-corrected chi connectivity index (χ0v) is 14.3. The molecular weight excluding hydrogens is 302 g/mol. The van der Waals surface area contributed by atoms with E-state index in [1.807, 2.05) is 6.07 Å². The lowest BCUT2D eigenvalue weighted by Gasteiger charge is -2.30. The van der Waals surface area contributed by atoms with Gasteiger partial charge in [0.2, 0.25) is 0 Å². The summed E-state index contributed by atoms with van der Waals surface area (Å²) in [6, 6.07) is 8.45. The Hall–Kier alpha value is -1.36. The van der Waals surface area contributed by atoms with Gasteiger partial charge in [0.05, 0.1) is 19.5 Å². The van der Waals surface area contributed by atoms with Crippen molar-refractivity contribution in [1.82, 2.24) is 4.90 Å². The topological polar surface area (TPSA) is 34.8 Å². The molecule has 4 heteroatoms. The minimum absolute atomic E-state index is 0.549. The molecule has 2 aliphatic rings. The van der Waals surface area contributed by atoms with Gasteiger partial charge in [0, 0.05) is 38.2 Å². The van der Waals surface area contributed by atoms with E-state index in [-0.39, 0.29) is 0 Å². The average molecular weight is 329 g/mol. The lowest BCUT2D eigenvalue weighted by Crippen LogP contribution is -2.36. The summed E-state index contributed by atoms with van der Waals surface area (Å²) in [5.74, 6) is 1.34. The molecule has 2 aliphatic heterocycles. The lowest BCUT2D eigenvalue weighted by atomic mass is 9.95. The molecule has 0 N–H and O–H groups in total. The van der Waals surface area contributed by atoms with Crippen LogP contribution in [0.15, 0.2) is 34.9 Å². The third kappa shape index (κ3) is 3.82. The lowest BCUT2D eigenvalue weighted by molar-refractivity contribution is 0.0512. The third-order valence-corrected chi connectivity index (χ3v) is 5.37. The Balaban J connectivity index is 1.41. The molecule has 0 aliphatic carbocycles. The highest BCUT2D eigenvalue weighted by atomic mass is 16.5. The van der Waals surface area contributed by atoms with Gasteiger partial charge in [-0.1, -0.05) is 12.1 Å². The normalized spacial score (nSPS) is 24.2. The number of hydrogen-bond acceptors (Lipinski definition) is 4. The summed E-state index contributed by atoms with van der Waals surface area (Å²) < 4.78 is 16.9. The Labute approximate surface area is 143 Å². The molecule has 2 saturated heterocycles. The summed E-state index contributed by atoms with van der Waals surface area (Å²) in [6.07, 6.45) is 5.25. The van der Waals surface area contributed by atoms with Gasteiger partial charge in [0.25, 0.3) is 0 Å². The molecule has 0 amide bonds. The number of hydrogen-bond donors (Lipinski definition) is 0. The van der Waals surface area contributed by atoms with Crippen LogP contribution in [0.5, 0.6) is 0 Å². The van der Waals surface area contributed by atoms with Crippen LogP contribution in [0.2, 0.25) is 0 Å². The second-order valence-electron chi connectivity index (χ2n) is 7.21. The van der Waals surface area contributed by atoms with E-state index in [0.717, 1.165) is 57.4 Å². The van der Waals surface area contributed by atoms with Gasteiger partial charge >= 0.3 is 0 Å². The Bertz CT molecular complexity index is 647. The van der Waals surface area contributed by atoms with Crippen molar-refractivity contribution in [3.8, 4) is 0 Å². The van der Waals surface area contributed by atoms with Gasteiger partial charge in [-0.3, -0.25) is 0 Å². The van der Waals surface area contributed by atoms with Gasteiger partial charge in [-0.05, 0) is 48.8 Å². The van der Waals surface area contributed by atoms with E-state index in [4.69, 9.17) is 13.9 Å². The number of benzene rings is 1. The van der Waals surface area contributed by atoms with Crippen molar-refractivity contribution in [3.05, 3.63) is 36.1 Å². The van der Waals surface area contributed by atoms with Crippen LogP contribution in [0, 0.1) is 11.8 Å². The fourth-order valence-electron chi connectivity index (χ4n) is 4.08. The highest BCUT2D eigenvalue weighted by Crippen LogP contribution is 2.24. The third-order valence-electron chi connectivity index (χ3n) is 5.37. The smallest absolute Gasteiger partial charge is 0.134 e. The van der Waals surface area contributed by atoms with E-state index in [1.54, 1.807) is 6.26 Å². The van der Waals surface area contributed by atoms with E-state index >= 15 is 0 Å². The molecule has 1 aromatic carbocycles. The minimum Gasteiger partial charge on any atom is -0.464 e. The molecule has 24 heavy (non-hydrogen) atoms. The Kier molecular flexibility index (Phi) is 5.16. The van der Waals surface area contributed by atoms with Crippen LogP contribution >= 0.6 is 0 Å². The summed E-state index contributed by atoms with van der Waals surface area (Å²) in [5, 5.41) is 1.25. The van der Waals surface area contributed by atoms with Crippen LogP contribution in [-0.4, -0.2) is 51.0 Å². The van der Waals surface area contributed by atoms with Gasteiger partial charge < -0.3 is 18.8 Å². The van der Waals surface area contributed by atoms with Crippen molar-refractivity contribution in [1.29, 1.82) is 0 Å². The van der Waals surface area contributed by atoms with Crippen molar-refractivity contribution in [2.45, 2.75) is 19.3 Å². The SMILES string of the molecule is c1cc(C[C@@H]2COCCN(CC3CCOCC3)C2)c2ccoc2c1. The van der Waals surface area contributed by atoms with Gasteiger partial charge in [0.1, 0.15) is 5.58 Å². The zero-order valence-electron chi connectivity index (χ0n) is 14.3. The number of nitrogens with zero attached hydrogens (tertiary/aromatic N) is 1. The second-order valence-corrected chi connectivity index (χ2v) is 7.21. The molecule has 2 aromatic rings. The van der Waals surface area contributed by atoms with Crippen LogP contribution in [0.4, 0.5) is 0 Å². The van der Waals surface area contributed by atoms with Crippen molar-refractivity contribution in [2.75, 3.05) is 46.1 Å². The minimum atomic E-state index is 0.549. The van der Waals surface area contributed by atoms with Crippen molar-refractivity contribution < 1.29 is 13.9 Å². The maximum atomic E-state index is 5.90. The molecule has 0 unspecified atom stereocenters. The number of fused-ring (bicyclic) bond motifs is 1. The fraction of sp³-hybridized carbons (Fsp3) is 0.600. The van der Waals surface area contributed by atoms with E-state index in [0.29, 0.717) is 5.92 Å². The predicted octanol–water partition coefficient (Wildman–Crippen LogP) is 3.35. The van der Waals surface area contributed by atoms with Crippen LogP contribution < -0.4 is 0 Å². The number of ether oxygens (including phenoxy) is 2. The number of furan rings is 1. The largest absolute Gasteiger partial charge is 0.464 e. The molecule has 4 nitrogen and oxygen atoms in total. The van der Waals surface area contributed by atoms with Crippen LogP contribution in [-0.2, 0) is 15.9 Å². The Morgan fingerprint density at radius 1 is 1.00 bits per heavy atom. The Morgan fingerprint density at radius 3 is 2.83 bits per heavy atom. The standard InChI is InChI=1S/C20H27NO3/c1-2-18(19-6-10-24-20(19)3-1)12-17-14-21(7-11-23-15-17)13-16-4-8-22-9-5-16/h1-3,6,10,16-17H,4-5,7-9,11-15H2/t17-/m0/s1. The molecule has 130 valence electrons. The summed E-state index contributed by atoms with van der Waals surface area (Å²) in [4.78, 5) is 2.61. The molecule has 1 atom stereocenters.